The lowest BCUT2D eigenvalue weighted by Crippen LogP contribution is -1.93. The number of fused-ring (bicyclic) bond motifs is 6. The number of aliphatic imine (C=N–C) groups is 1. The first-order valence-electron chi connectivity index (χ1n) is 14.4. The second-order valence-corrected chi connectivity index (χ2v) is 10.8. The highest BCUT2D eigenvalue weighted by atomic mass is 14.8. The third-order valence-corrected chi connectivity index (χ3v) is 8.39. The van der Waals surface area contributed by atoms with E-state index >= 15 is 0 Å². The Balaban J connectivity index is 1.14. The van der Waals surface area contributed by atoms with Crippen LogP contribution in [0, 0.1) is 0 Å². The van der Waals surface area contributed by atoms with E-state index in [0.717, 1.165) is 17.8 Å². The van der Waals surface area contributed by atoms with E-state index in [1.165, 1.54) is 66.8 Å². The summed E-state index contributed by atoms with van der Waals surface area (Å²) in [6.07, 6.45) is 7.05. The zero-order valence-corrected chi connectivity index (χ0v) is 23.1. The molecule has 42 heavy (non-hydrogen) atoms. The Morgan fingerprint density at radius 2 is 1.07 bits per heavy atom. The summed E-state index contributed by atoms with van der Waals surface area (Å²) in [7, 11) is 0. The molecule has 2 heterocycles. The van der Waals surface area contributed by atoms with Gasteiger partial charge in [-0.05, 0) is 73.8 Å². The van der Waals surface area contributed by atoms with Crippen LogP contribution >= 0.6 is 0 Å². The molecule has 0 saturated carbocycles. The summed E-state index contributed by atoms with van der Waals surface area (Å²) in [6, 6.07) is 48.1. The zero-order chi connectivity index (χ0) is 27.9. The standard InChI is InChI=1S/C40H28N2/c1-3-9-33-29(7-1)23-25-41-37-13-5-11-35(39(33)37)31-19-15-27(16-20-31)28-17-21-32(22-18-28)36-12-6-14-38-40(36)34-10-4-2-8-30(34)24-26-42-38/h1-23,25-26,41H,24H2. The summed E-state index contributed by atoms with van der Waals surface area (Å²) >= 11 is 0. The Bertz CT molecular complexity index is 2010. The predicted octanol–water partition coefficient (Wildman–Crippen LogP) is 10.7. The first kappa shape index (κ1) is 24.3. The predicted molar refractivity (Wildman–Crippen MR) is 178 cm³/mol. The summed E-state index contributed by atoms with van der Waals surface area (Å²) < 4.78 is 0. The van der Waals surface area contributed by atoms with Gasteiger partial charge in [0.2, 0.25) is 0 Å². The minimum atomic E-state index is 0.852. The summed E-state index contributed by atoms with van der Waals surface area (Å²) in [5.74, 6) is 0. The maximum Gasteiger partial charge on any atom is 0.0710 e. The van der Waals surface area contributed by atoms with E-state index in [2.05, 4.69) is 145 Å². The largest absolute Gasteiger partial charge is 0.361 e. The second-order valence-electron chi connectivity index (χ2n) is 10.8. The Labute approximate surface area is 246 Å². The number of nitrogens with one attached hydrogen (secondary N) is 1. The average molecular weight is 537 g/mol. The van der Waals surface area contributed by atoms with Crippen molar-refractivity contribution in [3.8, 4) is 55.6 Å². The molecule has 1 N–H and O–H groups in total. The topological polar surface area (TPSA) is 24.4 Å². The van der Waals surface area contributed by atoms with E-state index in [9.17, 15) is 0 Å². The number of hydrogen-bond acceptors (Lipinski definition) is 2. The number of anilines is 1. The SMILES string of the molecule is C1=Cc2ccccc2-c2c(cccc2-c2ccc(-c3ccc(-c4cccc5c4-c4ccccc4CC=N5)cc3)cc2)N1. The van der Waals surface area contributed by atoms with Crippen molar-refractivity contribution in [2.24, 2.45) is 4.99 Å². The molecule has 198 valence electrons. The van der Waals surface area contributed by atoms with Crippen molar-refractivity contribution in [1.29, 1.82) is 0 Å². The van der Waals surface area contributed by atoms with Gasteiger partial charge in [0.05, 0.1) is 5.69 Å². The van der Waals surface area contributed by atoms with Gasteiger partial charge in [-0.1, -0.05) is 121 Å². The van der Waals surface area contributed by atoms with Crippen LogP contribution in [0.25, 0.3) is 61.7 Å². The molecule has 0 bridgehead atoms. The van der Waals surface area contributed by atoms with Crippen molar-refractivity contribution in [3.05, 3.63) is 151 Å². The number of benzene rings is 6. The van der Waals surface area contributed by atoms with Crippen molar-refractivity contribution in [2.75, 3.05) is 5.32 Å². The van der Waals surface area contributed by atoms with Crippen molar-refractivity contribution >= 4 is 23.7 Å². The molecule has 0 radical (unpaired) electrons. The van der Waals surface area contributed by atoms with Crippen LogP contribution in [0.1, 0.15) is 11.1 Å². The maximum absolute atomic E-state index is 4.80. The normalized spacial score (nSPS) is 12.7. The lowest BCUT2D eigenvalue weighted by atomic mass is 9.89. The second kappa shape index (κ2) is 10.2. The molecule has 0 unspecified atom stereocenters. The maximum atomic E-state index is 4.80. The highest BCUT2D eigenvalue weighted by molar-refractivity contribution is 5.97. The van der Waals surface area contributed by atoms with Gasteiger partial charge in [-0.25, -0.2) is 0 Å². The van der Waals surface area contributed by atoms with E-state index < -0.39 is 0 Å². The number of rotatable bonds is 3. The lowest BCUT2D eigenvalue weighted by molar-refractivity contribution is 1.37. The van der Waals surface area contributed by atoms with Crippen molar-refractivity contribution in [3.63, 3.8) is 0 Å². The van der Waals surface area contributed by atoms with Crippen LogP contribution in [0.4, 0.5) is 11.4 Å². The minimum Gasteiger partial charge on any atom is -0.361 e. The molecule has 8 rings (SSSR count). The van der Waals surface area contributed by atoms with E-state index in [1.807, 2.05) is 12.4 Å². The van der Waals surface area contributed by atoms with E-state index in [0.29, 0.717) is 0 Å². The molecular formula is C40H28N2. The van der Waals surface area contributed by atoms with Gasteiger partial charge in [0.15, 0.2) is 0 Å². The van der Waals surface area contributed by atoms with Crippen LogP contribution < -0.4 is 5.32 Å². The smallest absolute Gasteiger partial charge is 0.0710 e. The third kappa shape index (κ3) is 4.17. The van der Waals surface area contributed by atoms with Gasteiger partial charge in [-0.2, -0.15) is 0 Å². The first-order chi connectivity index (χ1) is 20.8. The molecule has 0 spiro atoms. The van der Waals surface area contributed by atoms with Gasteiger partial charge >= 0.3 is 0 Å². The molecule has 2 aliphatic rings. The van der Waals surface area contributed by atoms with E-state index in [-0.39, 0.29) is 0 Å². The fourth-order valence-corrected chi connectivity index (χ4v) is 6.33. The monoisotopic (exact) mass is 536 g/mol. The molecule has 0 aromatic heterocycles. The summed E-state index contributed by atoms with van der Waals surface area (Å²) in [6.45, 7) is 0. The van der Waals surface area contributed by atoms with Crippen molar-refractivity contribution in [2.45, 2.75) is 6.42 Å². The molecule has 0 amide bonds. The lowest BCUT2D eigenvalue weighted by Gasteiger charge is -2.16. The molecule has 6 aromatic rings. The van der Waals surface area contributed by atoms with Crippen molar-refractivity contribution in [1.82, 2.24) is 0 Å². The van der Waals surface area contributed by atoms with Crippen LogP contribution in [-0.4, -0.2) is 6.21 Å². The first-order valence-corrected chi connectivity index (χ1v) is 14.4. The molecule has 6 aromatic carbocycles. The average Bonchev–Trinajstić information content (AvgIpc) is 3.37. The molecule has 0 aliphatic carbocycles. The van der Waals surface area contributed by atoms with Crippen LogP contribution in [-0.2, 0) is 6.42 Å². The van der Waals surface area contributed by atoms with E-state index in [1.54, 1.807) is 0 Å². The minimum absolute atomic E-state index is 0.852. The third-order valence-electron chi connectivity index (χ3n) is 8.39. The van der Waals surface area contributed by atoms with Gasteiger partial charge in [0.25, 0.3) is 0 Å². The van der Waals surface area contributed by atoms with Crippen LogP contribution in [0.5, 0.6) is 0 Å². The molecule has 0 fully saturated rings. The molecule has 2 nitrogen and oxygen atoms in total. The van der Waals surface area contributed by atoms with Gasteiger partial charge in [0.1, 0.15) is 0 Å². The Hall–Kier alpha value is -5.47. The molecule has 0 saturated heterocycles. The molecule has 2 aliphatic heterocycles. The number of hydrogen-bond donors (Lipinski definition) is 1. The Morgan fingerprint density at radius 3 is 1.83 bits per heavy atom. The molecule has 0 atom stereocenters. The fourth-order valence-electron chi connectivity index (χ4n) is 6.33. The van der Waals surface area contributed by atoms with Crippen LogP contribution in [0.3, 0.4) is 0 Å². The molecule has 2 heteroatoms. The zero-order valence-electron chi connectivity index (χ0n) is 23.1. The highest BCUT2D eigenvalue weighted by Gasteiger charge is 2.18. The number of nitrogens with zero attached hydrogens (tertiary/aromatic N) is 1. The molecular weight excluding hydrogens is 508 g/mol. The summed E-state index contributed by atoms with van der Waals surface area (Å²) in [5.41, 5.74) is 16.9. The summed E-state index contributed by atoms with van der Waals surface area (Å²) in [4.78, 5) is 4.80. The van der Waals surface area contributed by atoms with Crippen LogP contribution in [0.2, 0.25) is 0 Å². The van der Waals surface area contributed by atoms with Gasteiger partial charge in [0, 0.05) is 35.6 Å². The van der Waals surface area contributed by atoms with Crippen molar-refractivity contribution < 1.29 is 0 Å². The highest BCUT2D eigenvalue weighted by Crippen LogP contribution is 2.43. The van der Waals surface area contributed by atoms with Crippen LogP contribution in [0.15, 0.2) is 145 Å². The quantitative estimate of drug-likeness (QED) is 0.239. The van der Waals surface area contributed by atoms with Gasteiger partial charge in [-0.15, -0.1) is 0 Å². The Kier molecular flexibility index (Phi) is 5.89. The van der Waals surface area contributed by atoms with E-state index in [4.69, 9.17) is 4.99 Å². The summed E-state index contributed by atoms with van der Waals surface area (Å²) in [5, 5.41) is 3.48. The van der Waals surface area contributed by atoms with Gasteiger partial charge < -0.3 is 5.32 Å². The Morgan fingerprint density at radius 1 is 0.476 bits per heavy atom. The fraction of sp³-hybridized carbons (Fsp3) is 0.0250. The van der Waals surface area contributed by atoms with Gasteiger partial charge in [-0.3, -0.25) is 4.99 Å².